The van der Waals surface area contributed by atoms with Crippen molar-refractivity contribution in [2.75, 3.05) is 6.79 Å². The average Bonchev–Trinajstić information content (AvgIpc) is 3.05. The molecule has 0 aromatic heterocycles. The van der Waals surface area contributed by atoms with E-state index in [2.05, 4.69) is 0 Å². The summed E-state index contributed by atoms with van der Waals surface area (Å²) in [5.74, 6) is -0.805. The van der Waals surface area contributed by atoms with E-state index in [4.69, 9.17) is 14.2 Å². The van der Waals surface area contributed by atoms with E-state index in [1.807, 2.05) is 0 Å². The molecule has 0 saturated carbocycles. The van der Waals surface area contributed by atoms with E-state index in [0.29, 0.717) is 0 Å². The molecule has 2 aromatic rings. The second-order valence-corrected chi connectivity index (χ2v) is 5.25. The second-order valence-electron chi connectivity index (χ2n) is 5.25. The summed E-state index contributed by atoms with van der Waals surface area (Å²) < 4.78 is 53.1. The van der Waals surface area contributed by atoms with E-state index >= 15 is 0 Å². The fourth-order valence-electron chi connectivity index (χ4n) is 2.31. The molecule has 1 heterocycles. The van der Waals surface area contributed by atoms with Gasteiger partial charge in [0.05, 0.1) is 16.6 Å². The van der Waals surface area contributed by atoms with Crippen LogP contribution in [0.15, 0.2) is 36.4 Å². The Labute approximate surface area is 144 Å². The van der Waals surface area contributed by atoms with Gasteiger partial charge in [0, 0.05) is 6.07 Å². The van der Waals surface area contributed by atoms with Gasteiger partial charge in [0.25, 0.3) is 5.69 Å². The van der Waals surface area contributed by atoms with Gasteiger partial charge in [-0.3, -0.25) is 10.1 Å². The highest BCUT2D eigenvalue weighted by atomic mass is 19.4. The predicted octanol–water partition coefficient (Wildman–Crippen LogP) is 3.70. The number of hydrogen-bond donors (Lipinski definition) is 0. The summed E-state index contributed by atoms with van der Waals surface area (Å²) in [6, 6.07) is 6.37. The van der Waals surface area contributed by atoms with Gasteiger partial charge in [-0.25, -0.2) is 4.79 Å². The van der Waals surface area contributed by atoms with Crippen LogP contribution >= 0.6 is 0 Å². The van der Waals surface area contributed by atoms with E-state index in [-0.39, 0.29) is 29.4 Å². The Bertz CT molecular complexity index is 881. The number of esters is 1. The first-order chi connectivity index (χ1) is 12.3. The third-order valence-electron chi connectivity index (χ3n) is 3.53. The quantitative estimate of drug-likeness (QED) is 0.464. The van der Waals surface area contributed by atoms with Crippen LogP contribution in [-0.2, 0) is 17.5 Å². The molecule has 3 rings (SSSR count). The van der Waals surface area contributed by atoms with E-state index < -0.39 is 34.9 Å². The molecule has 136 valence electrons. The fraction of sp³-hybridized carbons (Fsp3) is 0.188. The largest absolute Gasteiger partial charge is 0.457 e. The molecule has 1 aliphatic heterocycles. The van der Waals surface area contributed by atoms with Crippen LogP contribution in [0.1, 0.15) is 21.5 Å². The Morgan fingerprint density at radius 2 is 1.88 bits per heavy atom. The van der Waals surface area contributed by atoms with E-state index in [0.717, 1.165) is 24.3 Å². The number of alkyl halides is 3. The van der Waals surface area contributed by atoms with Crippen LogP contribution in [0.5, 0.6) is 11.5 Å². The molecule has 0 fully saturated rings. The number of hydrogen-bond acceptors (Lipinski definition) is 6. The van der Waals surface area contributed by atoms with Crippen molar-refractivity contribution in [2.24, 2.45) is 0 Å². The van der Waals surface area contributed by atoms with Crippen LogP contribution in [-0.4, -0.2) is 17.7 Å². The third-order valence-corrected chi connectivity index (χ3v) is 3.53. The third kappa shape index (κ3) is 3.53. The molecule has 0 unspecified atom stereocenters. The molecule has 10 heteroatoms. The van der Waals surface area contributed by atoms with E-state index in [1.165, 1.54) is 12.1 Å². The van der Waals surface area contributed by atoms with Gasteiger partial charge in [-0.15, -0.1) is 0 Å². The summed E-state index contributed by atoms with van der Waals surface area (Å²) in [5.41, 5.74) is -1.73. The van der Waals surface area contributed by atoms with Gasteiger partial charge >= 0.3 is 12.1 Å². The van der Waals surface area contributed by atoms with Crippen molar-refractivity contribution in [1.29, 1.82) is 0 Å². The molecule has 0 amide bonds. The Balaban J connectivity index is 1.80. The fourth-order valence-corrected chi connectivity index (χ4v) is 2.31. The lowest BCUT2D eigenvalue weighted by Crippen LogP contribution is -2.09. The highest BCUT2D eigenvalue weighted by Crippen LogP contribution is 2.38. The maximum absolute atomic E-state index is 12.7. The minimum Gasteiger partial charge on any atom is -0.457 e. The van der Waals surface area contributed by atoms with Gasteiger partial charge < -0.3 is 14.2 Å². The lowest BCUT2D eigenvalue weighted by atomic mass is 10.1. The number of rotatable bonds is 4. The first kappa shape index (κ1) is 17.5. The van der Waals surface area contributed by atoms with Crippen molar-refractivity contribution in [1.82, 2.24) is 0 Å². The van der Waals surface area contributed by atoms with Gasteiger partial charge in [0.2, 0.25) is 6.79 Å². The monoisotopic (exact) mass is 369 g/mol. The van der Waals surface area contributed by atoms with Gasteiger partial charge in [-0.2, -0.15) is 13.2 Å². The molecule has 1 aliphatic rings. The highest BCUT2D eigenvalue weighted by molar-refractivity contribution is 5.95. The van der Waals surface area contributed by atoms with Crippen LogP contribution in [0.25, 0.3) is 0 Å². The smallest absolute Gasteiger partial charge is 0.416 e. The number of nitro groups is 1. The van der Waals surface area contributed by atoms with Crippen LogP contribution < -0.4 is 9.47 Å². The van der Waals surface area contributed by atoms with Crippen molar-refractivity contribution in [3.8, 4) is 11.5 Å². The van der Waals surface area contributed by atoms with Crippen LogP contribution in [0, 0.1) is 10.1 Å². The Morgan fingerprint density at radius 3 is 2.54 bits per heavy atom. The van der Waals surface area contributed by atoms with Crippen molar-refractivity contribution >= 4 is 11.7 Å². The van der Waals surface area contributed by atoms with Gasteiger partial charge in [0.1, 0.15) is 12.2 Å². The molecular formula is C16H10F3NO6. The van der Waals surface area contributed by atoms with Crippen molar-refractivity contribution in [3.63, 3.8) is 0 Å². The predicted molar refractivity (Wildman–Crippen MR) is 79.8 cm³/mol. The molecule has 0 radical (unpaired) electrons. The topological polar surface area (TPSA) is 87.9 Å². The molecule has 0 atom stereocenters. The van der Waals surface area contributed by atoms with Gasteiger partial charge in [-0.05, 0) is 17.7 Å². The maximum Gasteiger partial charge on any atom is 0.416 e. The lowest BCUT2D eigenvalue weighted by Gasteiger charge is -2.10. The summed E-state index contributed by atoms with van der Waals surface area (Å²) in [6.45, 7) is -0.621. The molecule has 0 bridgehead atoms. The number of fused-ring (bicyclic) bond motifs is 1. The summed E-state index contributed by atoms with van der Waals surface area (Å²) in [6.07, 6.45) is -4.53. The Hall–Kier alpha value is -3.30. The lowest BCUT2D eigenvalue weighted by molar-refractivity contribution is -0.385. The zero-order chi connectivity index (χ0) is 18.9. The number of ether oxygens (including phenoxy) is 3. The molecule has 0 saturated heterocycles. The standard InChI is InChI=1S/C16H10F3NO6/c17-16(18,19)10-3-1-2-9(4-10)7-24-15(21)11-5-13-14(26-8-25-13)6-12(11)20(22)23/h1-6H,7-8H2. The number of carbonyl (C=O) groups is 1. The number of carbonyl (C=O) groups excluding carboxylic acids is 1. The van der Waals surface area contributed by atoms with E-state index in [9.17, 15) is 28.1 Å². The summed E-state index contributed by atoms with van der Waals surface area (Å²) in [7, 11) is 0. The molecule has 0 aliphatic carbocycles. The minimum absolute atomic E-state index is 0.0940. The Morgan fingerprint density at radius 1 is 1.19 bits per heavy atom. The highest BCUT2D eigenvalue weighted by Gasteiger charge is 2.31. The van der Waals surface area contributed by atoms with Gasteiger partial charge in [0.15, 0.2) is 11.5 Å². The zero-order valence-electron chi connectivity index (χ0n) is 12.9. The number of halogens is 3. The molecular weight excluding hydrogens is 359 g/mol. The average molecular weight is 369 g/mol. The second kappa shape index (κ2) is 6.54. The molecule has 0 spiro atoms. The van der Waals surface area contributed by atoms with Crippen molar-refractivity contribution in [3.05, 3.63) is 63.2 Å². The number of nitro benzene ring substituents is 1. The first-order valence-corrected chi connectivity index (χ1v) is 7.17. The number of benzene rings is 2. The minimum atomic E-state index is -4.53. The van der Waals surface area contributed by atoms with Crippen LogP contribution in [0.3, 0.4) is 0 Å². The summed E-state index contributed by atoms with van der Waals surface area (Å²) in [5, 5.41) is 11.1. The molecule has 26 heavy (non-hydrogen) atoms. The summed E-state index contributed by atoms with van der Waals surface area (Å²) >= 11 is 0. The normalized spacial score (nSPS) is 12.7. The first-order valence-electron chi connectivity index (χ1n) is 7.17. The van der Waals surface area contributed by atoms with Crippen molar-refractivity contribution < 1.29 is 37.1 Å². The molecule has 7 nitrogen and oxygen atoms in total. The molecule has 0 N–H and O–H groups in total. The SMILES string of the molecule is O=C(OCc1cccc(C(F)(F)F)c1)c1cc2c(cc1[N+](=O)[O-])OCO2. The maximum atomic E-state index is 12.7. The zero-order valence-corrected chi connectivity index (χ0v) is 12.9. The van der Waals surface area contributed by atoms with Gasteiger partial charge in [-0.1, -0.05) is 12.1 Å². The van der Waals surface area contributed by atoms with Crippen molar-refractivity contribution in [2.45, 2.75) is 12.8 Å². The Kier molecular flexibility index (Phi) is 4.41. The molecule has 2 aromatic carbocycles. The van der Waals surface area contributed by atoms with E-state index in [1.54, 1.807) is 0 Å². The summed E-state index contributed by atoms with van der Waals surface area (Å²) in [4.78, 5) is 22.5. The number of nitrogens with zero attached hydrogens (tertiary/aromatic N) is 1. The van der Waals surface area contributed by atoms with Crippen LogP contribution in [0.4, 0.5) is 18.9 Å². The van der Waals surface area contributed by atoms with Crippen LogP contribution in [0.2, 0.25) is 0 Å².